The predicted molar refractivity (Wildman–Crippen MR) is 191 cm³/mol. The first-order valence-corrected chi connectivity index (χ1v) is 21.8. The Bertz CT molecular complexity index is 1100. The highest BCUT2D eigenvalue weighted by Gasteiger charge is 2.51. The van der Waals surface area contributed by atoms with E-state index in [1.165, 1.54) is 10.4 Å². The second kappa shape index (κ2) is 14.1. The molecule has 2 aromatic rings. The Labute approximate surface area is 272 Å². The summed E-state index contributed by atoms with van der Waals surface area (Å²) in [4.78, 5) is 0. The summed E-state index contributed by atoms with van der Waals surface area (Å²) in [5.74, 6) is -0.621. The standard InChI is InChI=1S/C35H55IO4Si2/c1-27(39-42(34(5,6)7,28-20-14-12-15-21-28)29-22-16-13-17-23-29)19-18-24-31(40-41(10,11)33(2,3)4)32-30(25-26-36)37-35(8,9)38-32/h12-18,20-24,27,30-32H,19,25-26H2,1-11H3/b24-18-/t27-,30-,31?,32-/m0/s1. The molecule has 0 amide bonds. The molecule has 1 heterocycles. The maximum absolute atomic E-state index is 7.33. The Balaban J connectivity index is 1.93. The van der Waals surface area contributed by atoms with Gasteiger partial charge in [0.1, 0.15) is 6.10 Å². The van der Waals surface area contributed by atoms with Gasteiger partial charge in [-0.05, 0) is 67.2 Å². The number of hydrogen-bond acceptors (Lipinski definition) is 4. The summed E-state index contributed by atoms with van der Waals surface area (Å²) in [7, 11) is -4.70. The lowest BCUT2D eigenvalue weighted by Crippen LogP contribution is -2.67. The zero-order valence-corrected chi connectivity index (χ0v) is 32.0. The fourth-order valence-electron chi connectivity index (χ4n) is 5.65. The van der Waals surface area contributed by atoms with Gasteiger partial charge in [-0.25, -0.2) is 0 Å². The van der Waals surface area contributed by atoms with Crippen molar-refractivity contribution >= 4 is 49.6 Å². The van der Waals surface area contributed by atoms with E-state index in [1.54, 1.807) is 0 Å². The Morgan fingerprint density at radius 1 is 0.857 bits per heavy atom. The fraction of sp³-hybridized carbons (Fsp3) is 0.600. The normalized spacial score (nSPS) is 21.5. The minimum absolute atomic E-state index is 0.00195. The summed E-state index contributed by atoms with van der Waals surface area (Å²) < 4.78 is 28.3. The molecule has 0 aromatic heterocycles. The number of benzene rings is 2. The molecule has 234 valence electrons. The smallest absolute Gasteiger partial charge is 0.261 e. The van der Waals surface area contributed by atoms with Crippen molar-refractivity contribution in [2.24, 2.45) is 0 Å². The molecule has 1 fully saturated rings. The lowest BCUT2D eigenvalue weighted by molar-refractivity contribution is -0.151. The van der Waals surface area contributed by atoms with Crippen molar-refractivity contribution in [2.45, 2.75) is 129 Å². The zero-order chi connectivity index (χ0) is 31.4. The van der Waals surface area contributed by atoms with E-state index < -0.39 is 22.4 Å². The molecule has 3 rings (SSSR count). The number of rotatable bonds is 12. The van der Waals surface area contributed by atoms with E-state index in [0.29, 0.717) is 0 Å². The Morgan fingerprint density at radius 3 is 1.83 bits per heavy atom. The number of alkyl halides is 1. The summed E-state index contributed by atoms with van der Waals surface area (Å²) in [6.45, 7) is 24.7. The highest BCUT2D eigenvalue weighted by Crippen LogP contribution is 2.41. The highest BCUT2D eigenvalue weighted by molar-refractivity contribution is 14.1. The van der Waals surface area contributed by atoms with Crippen LogP contribution in [0.25, 0.3) is 0 Å². The summed E-state index contributed by atoms with van der Waals surface area (Å²) in [6.07, 6.45) is 5.92. The summed E-state index contributed by atoms with van der Waals surface area (Å²) >= 11 is 2.43. The van der Waals surface area contributed by atoms with Gasteiger partial charge in [-0.1, -0.05) is 137 Å². The van der Waals surface area contributed by atoms with Crippen LogP contribution >= 0.6 is 22.6 Å². The molecule has 1 saturated heterocycles. The lowest BCUT2D eigenvalue weighted by atomic mass is 10.1. The molecular weight excluding hydrogens is 667 g/mol. The average Bonchev–Trinajstić information content (AvgIpc) is 3.20. The molecule has 1 unspecified atom stereocenters. The lowest BCUT2D eigenvalue weighted by Gasteiger charge is -2.44. The van der Waals surface area contributed by atoms with E-state index >= 15 is 0 Å². The van der Waals surface area contributed by atoms with Crippen molar-refractivity contribution in [1.82, 2.24) is 0 Å². The minimum Gasteiger partial charge on any atom is -0.408 e. The molecule has 2 aromatic carbocycles. The van der Waals surface area contributed by atoms with Gasteiger partial charge in [-0.3, -0.25) is 0 Å². The van der Waals surface area contributed by atoms with Crippen molar-refractivity contribution in [1.29, 1.82) is 0 Å². The molecule has 0 aliphatic carbocycles. The SMILES string of the molecule is C[C@@H](C/C=C\C(O[Si](C)(C)C(C)(C)C)[C@H]1OC(C)(C)O[C@H]1CCI)O[Si](c1ccccc1)(c1ccccc1)C(C)(C)C. The van der Waals surface area contributed by atoms with Gasteiger partial charge < -0.3 is 18.3 Å². The second-order valence-corrected chi connectivity index (χ2v) is 24.8. The summed E-state index contributed by atoms with van der Waals surface area (Å²) in [5, 5.41) is 2.64. The number of ether oxygens (including phenoxy) is 2. The van der Waals surface area contributed by atoms with Crippen LogP contribution in [0.15, 0.2) is 72.8 Å². The van der Waals surface area contributed by atoms with E-state index in [1.807, 2.05) is 13.8 Å². The third-order valence-electron chi connectivity index (χ3n) is 8.76. The topological polar surface area (TPSA) is 36.9 Å². The Morgan fingerprint density at radius 2 is 1.38 bits per heavy atom. The van der Waals surface area contributed by atoms with Crippen molar-refractivity contribution in [3.8, 4) is 0 Å². The molecular formula is C35H55IO4Si2. The average molecular weight is 723 g/mol. The first-order valence-electron chi connectivity index (χ1n) is 15.5. The molecule has 1 aliphatic heterocycles. The molecule has 42 heavy (non-hydrogen) atoms. The van der Waals surface area contributed by atoms with Crippen LogP contribution in [0.5, 0.6) is 0 Å². The highest BCUT2D eigenvalue weighted by atomic mass is 127. The summed E-state index contributed by atoms with van der Waals surface area (Å²) in [5.41, 5.74) is 0. The molecule has 1 aliphatic rings. The molecule has 0 N–H and O–H groups in total. The second-order valence-electron chi connectivity index (χ2n) is 14.7. The molecule has 4 atom stereocenters. The van der Waals surface area contributed by atoms with Crippen molar-refractivity contribution < 1.29 is 18.3 Å². The van der Waals surface area contributed by atoms with Crippen LogP contribution in [0.1, 0.15) is 75.2 Å². The van der Waals surface area contributed by atoms with E-state index in [9.17, 15) is 0 Å². The molecule has 0 spiro atoms. The third-order valence-corrected chi connectivity index (χ3v) is 19.0. The minimum atomic E-state index is -2.62. The van der Waals surface area contributed by atoms with E-state index in [2.05, 4.69) is 157 Å². The van der Waals surface area contributed by atoms with Crippen LogP contribution in [0.2, 0.25) is 23.2 Å². The first-order chi connectivity index (χ1) is 19.4. The zero-order valence-electron chi connectivity index (χ0n) is 27.9. The van der Waals surface area contributed by atoms with Gasteiger partial charge in [0.2, 0.25) is 0 Å². The number of hydrogen-bond donors (Lipinski definition) is 0. The van der Waals surface area contributed by atoms with Crippen LogP contribution in [0.3, 0.4) is 0 Å². The van der Waals surface area contributed by atoms with Crippen LogP contribution in [0.4, 0.5) is 0 Å². The molecule has 4 nitrogen and oxygen atoms in total. The third kappa shape index (κ3) is 8.46. The van der Waals surface area contributed by atoms with Crippen molar-refractivity contribution in [3.05, 3.63) is 72.8 Å². The Hall–Kier alpha value is -0.816. The molecule has 0 saturated carbocycles. The maximum atomic E-state index is 7.33. The van der Waals surface area contributed by atoms with Crippen molar-refractivity contribution in [3.63, 3.8) is 0 Å². The van der Waals surface area contributed by atoms with Gasteiger partial charge in [0.05, 0.1) is 12.2 Å². The van der Waals surface area contributed by atoms with E-state index in [-0.39, 0.29) is 34.5 Å². The first kappa shape index (κ1) is 35.7. The quantitative estimate of drug-likeness (QED) is 0.0952. The molecule has 0 radical (unpaired) electrons. The molecule has 0 bridgehead atoms. The van der Waals surface area contributed by atoms with Crippen LogP contribution in [-0.2, 0) is 18.3 Å². The van der Waals surface area contributed by atoms with Crippen LogP contribution < -0.4 is 10.4 Å². The number of halogens is 1. The van der Waals surface area contributed by atoms with Gasteiger partial charge in [-0.15, -0.1) is 0 Å². The van der Waals surface area contributed by atoms with E-state index in [4.69, 9.17) is 18.3 Å². The molecule has 7 heteroatoms. The van der Waals surface area contributed by atoms with Gasteiger partial charge in [-0.2, -0.15) is 0 Å². The van der Waals surface area contributed by atoms with Gasteiger partial charge in [0.25, 0.3) is 8.32 Å². The van der Waals surface area contributed by atoms with Crippen LogP contribution in [-0.4, -0.2) is 51.3 Å². The fourth-order valence-corrected chi connectivity index (χ4v) is 12.2. The van der Waals surface area contributed by atoms with Gasteiger partial charge in [0.15, 0.2) is 14.1 Å². The Kier molecular flexibility index (Phi) is 12.0. The monoisotopic (exact) mass is 722 g/mol. The van der Waals surface area contributed by atoms with Crippen LogP contribution in [0, 0.1) is 0 Å². The largest absolute Gasteiger partial charge is 0.408 e. The maximum Gasteiger partial charge on any atom is 0.261 e. The van der Waals surface area contributed by atoms with Gasteiger partial charge in [0, 0.05) is 10.5 Å². The summed E-state index contributed by atoms with van der Waals surface area (Å²) in [6, 6.07) is 21.7. The van der Waals surface area contributed by atoms with Crippen molar-refractivity contribution in [2.75, 3.05) is 4.43 Å². The van der Waals surface area contributed by atoms with Gasteiger partial charge >= 0.3 is 0 Å². The predicted octanol–water partition coefficient (Wildman–Crippen LogP) is 8.63. The van der Waals surface area contributed by atoms with E-state index in [0.717, 1.165) is 17.3 Å².